The molecule has 116 valence electrons. The first kappa shape index (κ1) is 15.6. The van der Waals surface area contributed by atoms with Gasteiger partial charge in [-0.05, 0) is 28.3 Å². The molecule has 23 heavy (non-hydrogen) atoms. The van der Waals surface area contributed by atoms with Gasteiger partial charge in [-0.25, -0.2) is 0 Å². The lowest BCUT2D eigenvalue weighted by Gasteiger charge is -2.24. The first-order valence-electron chi connectivity index (χ1n) is 7.60. The molecule has 3 aromatic carbocycles. The van der Waals surface area contributed by atoms with Crippen molar-refractivity contribution in [2.24, 2.45) is 0 Å². The number of nitrogens with one attached hydrogen (secondary N) is 1. The summed E-state index contributed by atoms with van der Waals surface area (Å²) >= 11 is 0. The van der Waals surface area contributed by atoms with Crippen LogP contribution in [0.5, 0.6) is 5.75 Å². The van der Waals surface area contributed by atoms with Crippen LogP contribution in [0.15, 0.2) is 84.9 Å². The Morgan fingerprint density at radius 3 is 1.65 bits per heavy atom. The normalized spacial score (nSPS) is 11.2. The van der Waals surface area contributed by atoms with Crippen molar-refractivity contribution < 1.29 is 4.74 Å². The lowest BCUT2D eigenvalue weighted by Crippen LogP contribution is -2.17. The molecule has 0 atom stereocenters. The Balaban J connectivity index is 2.04. The third-order valence-corrected chi connectivity index (χ3v) is 7.17. The Hall–Kier alpha value is -2.31. The molecule has 3 heteroatoms. The van der Waals surface area contributed by atoms with Gasteiger partial charge in [0.25, 0.3) is 0 Å². The molecule has 1 N–H and O–H groups in total. The van der Waals surface area contributed by atoms with Crippen LogP contribution in [0.3, 0.4) is 0 Å². The third-order valence-electron chi connectivity index (χ3n) is 3.97. The molecule has 0 fully saturated rings. The summed E-state index contributed by atoms with van der Waals surface area (Å²) in [6.07, 6.45) is 0.727. The fourth-order valence-electron chi connectivity index (χ4n) is 2.70. The van der Waals surface area contributed by atoms with Gasteiger partial charge in [-0.1, -0.05) is 72.8 Å². The van der Waals surface area contributed by atoms with Gasteiger partial charge in [0.1, 0.15) is 5.75 Å². The Kier molecular flexibility index (Phi) is 4.64. The van der Waals surface area contributed by atoms with E-state index in [-0.39, 0.29) is 0 Å². The van der Waals surface area contributed by atoms with Gasteiger partial charge in [0.05, 0.1) is 7.11 Å². The molecular weight excluding hydrogens is 301 g/mol. The molecule has 0 heterocycles. The molecular formula is C20H20NOP. The number of hydrogen-bond acceptors (Lipinski definition) is 2. The lowest BCUT2D eigenvalue weighted by molar-refractivity contribution is 0.414. The Labute approximate surface area is 137 Å². The zero-order chi connectivity index (χ0) is 16.1. The van der Waals surface area contributed by atoms with E-state index >= 15 is 0 Å². The first-order chi connectivity index (χ1) is 11.2. The number of rotatable bonds is 5. The number of hydrogen-bond donors (Lipinski definition) is 1. The van der Waals surface area contributed by atoms with Gasteiger partial charge in [-0.15, -0.1) is 0 Å². The summed E-state index contributed by atoms with van der Waals surface area (Å²) in [4.78, 5) is 0. The van der Waals surface area contributed by atoms with Crippen molar-refractivity contribution in [3.8, 4) is 5.75 Å². The van der Waals surface area contributed by atoms with Crippen LogP contribution in [0, 0.1) is 5.16 Å². The molecule has 0 aliphatic rings. The Morgan fingerprint density at radius 1 is 0.739 bits per heavy atom. The molecule has 0 aromatic heterocycles. The molecule has 3 rings (SSSR count). The standard InChI is InChI=1S/C20H20NOP/c1-22-18-14-12-17(13-15-18)16-23(21,19-8-4-2-5-9-19)20-10-6-3-7-11-20/h2-15,21H,16H2,1H3. The van der Waals surface area contributed by atoms with Crippen molar-refractivity contribution >= 4 is 17.7 Å². The van der Waals surface area contributed by atoms with Gasteiger partial charge in [0.2, 0.25) is 0 Å². The molecule has 0 unspecified atom stereocenters. The van der Waals surface area contributed by atoms with Crippen molar-refractivity contribution in [2.75, 3.05) is 7.11 Å². The first-order valence-corrected chi connectivity index (χ1v) is 9.57. The topological polar surface area (TPSA) is 33.1 Å². The molecule has 0 saturated heterocycles. The number of benzene rings is 3. The second kappa shape index (κ2) is 6.85. The molecule has 0 spiro atoms. The van der Waals surface area contributed by atoms with Crippen molar-refractivity contribution in [1.82, 2.24) is 0 Å². The largest absolute Gasteiger partial charge is 0.497 e. The zero-order valence-corrected chi connectivity index (χ0v) is 14.0. The molecule has 0 saturated carbocycles. The number of ether oxygens (including phenoxy) is 1. The summed E-state index contributed by atoms with van der Waals surface area (Å²) in [5, 5.41) is 11.5. The molecule has 0 aliphatic heterocycles. The minimum Gasteiger partial charge on any atom is -0.497 e. The summed E-state index contributed by atoms with van der Waals surface area (Å²) in [5.74, 6) is 0.849. The molecule has 3 aromatic rings. The van der Waals surface area contributed by atoms with Crippen LogP contribution in [0.1, 0.15) is 5.56 Å². The Morgan fingerprint density at radius 2 is 1.22 bits per heavy atom. The monoisotopic (exact) mass is 321 g/mol. The molecule has 2 nitrogen and oxygen atoms in total. The van der Waals surface area contributed by atoms with Gasteiger partial charge in [-0.3, -0.25) is 0 Å². The van der Waals surface area contributed by atoms with Crippen LogP contribution in [0.2, 0.25) is 0 Å². The van der Waals surface area contributed by atoms with Crippen LogP contribution in [-0.2, 0) is 6.16 Å². The maximum absolute atomic E-state index is 9.32. The van der Waals surface area contributed by atoms with Crippen LogP contribution in [-0.4, -0.2) is 7.11 Å². The summed E-state index contributed by atoms with van der Waals surface area (Å²) in [6.45, 7) is 0. The van der Waals surface area contributed by atoms with E-state index in [0.29, 0.717) is 0 Å². The highest BCUT2D eigenvalue weighted by Crippen LogP contribution is 2.47. The maximum atomic E-state index is 9.32. The maximum Gasteiger partial charge on any atom is 0.118 e. The fraction of sp³-hybridized carbons (Fsp3) is 0.100. The van der Waals surface area contributed by atoms with Gasteiger partial charge in [0.15, 0.2) is 0 Å². The van der Waals surface area contributed by atoms with E-state index in [4.69, 9.17) is 4.74 Å². The zero-order valence-electron chi connectivity index (χ0n) is 13.1. The van der Waals surface area contributed by atoms with Crippen LogP contribution < -0.4 is 15.3 Å². The van der Waals surface area contributed by atoms with Crippen LogP contribution >= 0.6 is 7.05 Å². The van der Waals surface area contributed by atoms with Gasteiger partial charge in [0, 0.05) is 13.2 Å². The van der Waals surface area contributed by atoms with E-state index in [9.17, 15) is 5.16 Å². The second-order valence-corrected chi connectivity index (χ2v) is 8.46. The summed E-state index contributed by atoms with van der Waals surface area (Å²) in [6, 6.07) is 28.5. The highest BCUT2D eigenvalue weighted by atomic mass is 31.2. The van der Waals surface area contributed by atoms with E-state index in [1.807, 2.05) is 48.5 Å². The van der Waals surface area contributed by atoms with E-state index in [2.05, 4.69) is 36.4 Å². The van der Waals surface area contributed by atoms with Crippen LogP contribution in [0.25, 0.3) is 0 Å². The van der Waals surface area contributed by atoms with Crippen LogP contribution in [0.4, 0.5) is 0 Å². The smallest absolute Gasteiger partial charge is 0.118 e. The summed E-state index contributed by atoms with van der Waals surface area (Å²) in [7, 11) is -0.539. The minimum absolute atomic E-state index is 0.727. The minimum atomic E-state index is -2.21. The number of methoxy groups -OCH3 is 1. The average molecular weight is 321 g/mol. The van der Waals surface area contributed by atoms with Gasteiger partial charge < -0.3 is 9.90 Å². The van der Waals surface area contributed by atoms with Crippen molar-refractivity contribution in [1.29, 1.82) is 5.16 Å². The highest BCUT2D eigenvalue weighted by molar-refractivity contribution is 7.79. The highest BCUT2D eigenvalue weighted by Gasteiger charge is 2.22. The van der Waals surface area contributed by atoms with E-state index < -0.39 is 7.05 Å². The quantitative estimate of drug-likeness (QED) is 0.683. The van der Waals surface area contributed by atoms with Crippen molar-refractivity contribution in [3.05, 3.63) is 90.5 Å². The molecule has 0 bridgehead atoms. The van der Waals surface area contributed by atoms with E-state index in [0.717, 1.165) is 22.5 Å². The predicted molar refractivity (Wildman–Crippen MR) is 98.5 cm³/mol. The van der Waals surface area contributed by atoms with Crippen molar-refractivity contribution in [3.63, 3.8) is 0 Å². The third kappa shape index (κ3) is 3.38. The second-order valence-electron chi connectivity index (χ2n) is 5.49. The van der Waals surface area contributed by atoms with Gasteiger partial charge in [-0.2, -0.15) is 0 Å². The predicted octanol–water partition coefficient (Wildman–Crippen LogP) is 4.63. The van der Waals surface area contributed by atoms with E-state index in [1.165, 1.54) is 5.56 Å². The molecule has 0 aliphatic carbocycles. The summed E-state index contributed by atoms with van der Waals surface area (Å²) < 4.78 is 5.23. The summed E-state index contributed by atoms with van der Waals surface area (Å²) in [5.41, 5.74) is 1.17. The fourth-order valence-corrected chi connectivity index (χ4v) is 5.49. The SMILES string of the molecule is COc1ccc(CP(=N)(c2ccccc2)c2ccccc2)cc1. The Bertz CT molecular complexity index is 755. The van der Waals surface area contributed by atoms with E-state index in [1.54, 1.807) is 7.11 Å². The molecule has 0 amide bonds. The van der Waals surface area contributed by atoms with Crippen molar-refractivity contribution in [2.45, 2.75) is 6.16 Å². The van der Waals surface area contributed by atoms with Gasteiger partial charge >= 0.3 is 0 Å². The molecule has 0 radical (unpaired) electrons. The lowest BCUT2D eigenvalue weighted by atomic mass is 10.2. The average Bonchev–Trinajstić information content (AvgIpc) is 2.64.